The first-order valence-electron chi connectivity index (χ1n) is 12.5. The van der Waals surface area contributed by atoms with Crippen LogP contribution in [0, 0.1) is 13.8 Å². The number of anilines is 1. The summed E-state index contributed by atoms with van der Waals surface area (Å²) in [5, 5.41) is 0.293. The van der Waals surface area contributed by atoms with Gasteiger partial charge in [-0.05, 0) is 69.2 Å². The van der Waals surface area contributed by atoms with Gasteiger partial charge in [0.05, 0.1) is 23.8 Å². The third kappa shape index (κ3) is 5.99. The lowest BCUT2D eigenvalue weighted by Crippen LogP contribution is -2.30. The number of hydrogen-bond donors (Lipinski definition) is 0. The van der Waals surface area contributed by atoms with Gasteiger partial charge in [-0.1, -0.05) is 11.8 Å². The summed E-state index contributed by atoms with van der Waals surface area (Å²) in [7, 11) is 0. The number of hydrogen-bond acceptors (Lipinski definition) is 7. The lowest BCUT2D eigenvalue weighted by molar-refractivity contribution is -0.113. The van der Waals surface area contributed by atoms with Crippen molar-refractivity contribution in [3.05, 3.63) is 77.1 Å². The van der Waals surface area contributed by atoms with E-state index in [1.807, 2.05) is 19.9 Å². The lowest BCUT2D eigenvalue weighted by atomic mass is 10.2. The fraction of sp³-hybridized carbons (Fsp3) is 0.321. The molecule has 1 aromatic carbocycles. The van der Waals surface area contributed by atoms with Crippen molar-refractivity contribution in [3.8, 4) is 5.75 Å². The Kier molecular flexibility index (Phi) is 7.99. The van der Waals surface area contributed by atoms with Gasteiger partial charge in [-0.25, -0.2) is 4.99 Å². The zero-order valence-corrected chi connectivity index (χ0v) is 22.2. The number of alkyl halides is 2. The molecule has 2 aromatic heterocycles. The van der Waals surface area contributed by atoms with Crippen molar-refractivity contribution in [1.29, 1.82) is 0 Å². The Hall–Kier alpha value is -3.70. The van der Waals surface area contributed by atoms with Crippen molar-refractivity contribution >= 4 is 40.4 Å². The molecule has 5 rings (SSSR count). The Labute approximate surface area is 228 Å². The molecule has 0 spiro atoms. The Morgan fingerprint density at radius 3 is 2.72 bits per heavy atom. The summed E-state index contributed by atoms with van der Waals surface area (Å²) in [6.45, 7) is 2.41. The Morgan fingerprint density at radius 2 is 2.05 bits per heavy atom. The second-order valence-electron chi connectivity index (χ2n) is 9.19. The SMILES string of the molecule is Cc1cc(C(=O)CSC2=NC(=Cc3ccco3)C(=O)N2c2ccc(OC(F)F)cc2)c(C)n1CC1CCCO1. The highest BCUT2D eigenvalue weighted by molar-refractivity contribution is 8.14. The Bertz CT molecular complexity index is 1410. The molecule has 0 aliphatic carbocycles. The second-order valence-corrected chi connectivity index (χ2v) is 10.1. The highest BCUT2D eigenvalue weighted by atomic mass is 32.2. The Balaban J connectivity index is 1.36. The lowest BCUT2D eigenvalue weighted by Gasteiger charge is -2.18. The van der Waals surface area contributed by atoms with Crippen LogP contribution in [0.4, 0.5) is 14.5 Å². The average molecular weight is 556 g/mol. The molecule has 4 heterocycles. The fourth-order valence-electron chi connectivity index (χ4n) is 4.67. The predicted molar refractivity (Wildman–Crippen MR) is 144 cm³/mol. The van der Waals surface area contributed by atoms with Crippen molar-refractivity contribution < 1.29 is 32.3 Å². The van der Waals surface area contributed by atoms with E-state index >= 15 is 0 Å². The molecule has 2 aliphatic rings. The van der Waals surface area contributed by atoms with Gasteiger partial charge in [-0.3, -0.25) is 14.5 Å². The minimum atomic E-state index is -2.96. The minimum absolute atomic E-state index is 0.0357. The highest BCUT2D eigenvalue weighted by Crippen LogP contribution is 2.32. The molecule has 1 amide bonds. The van der Waals surface area contributed by atoms with Gasteiger partial charge in [0, 0.05) is 36.2 Å². The molecule has 204 valence electrons. The minimum Gasteiger partial charge on any atom is -0.465 e. The zero-order valence-electron chi connectivity index (χ0n) is 21.4. The number of aromatic nitrogens is 1. The molecule has 1 fully saturated rings. The number of thioether (sulfide) groups is 1. The van der Waals surface area contributed by atoms with Crippen LogP contribution in [0.15, 0.2) is 63.8 Å². The van der Waals surface area contributed by atoms with Crippen LogP contribution in [0.5, 0.6) is 5.75 Å². The molecule has 2 aliphatic heterocycles. The summed E-state index contributed by atoms with van der Waals surface area (Å²) in [6.07, 6.45) is 5.19. The van der Waals surface area contributed by atoms with Crippen molar-refractivity contribution in [2.75, 3.05) is 17.3 Å². The van der Waals surface area contributed by atoms with Crippen LogP contribution < -0.4 is 9.64 Å². The van der Waals surface area contributed by atoms with E-state index in [0.717, 1.165) is 42.6 Å². The predicted octanol–water partition coefficient (Wildman–Crippen LogP) is 5.84. The monoisotopic (exact) mass is 555 g/mol. The zero-order chi connectivity index (χ0) is 27.5. The topological polar surface area (TPSA) is 86.3 Å². The second kappa shape index (κ2) is 11.6. The number of carbonyl (C=O) groups excluding carboxylic acids is 2. The van der Waals surface area contributed by atoms with Crippen LogP contribution in [0.3, 0.4) is 0 Å². The Morgan fingerprint density at radius 1 is 1.26 bits per heavy atom. The van der Waals surface area contributed by atoms with E-state index in [4.69, 9.17) is 9.15 Å². The van der Waals surface area contributed by atoms with E-state index in [2.05, 4.69) is 14.3 Å². The van der Waals surface area contributed by atoms with E-state index in [0.29, 0.717) is 28.7 Å². The van der Waals surface area contributed by atoms with Crippen LogP contribution in [0.2, 0.25) is 0 Å². The number of aryl methyl sites for hydroxylation is 1. The number of nitrogens with zero attached hydrogens (tertiary/aromatic N) is 3. The maximum absolute atomic E-state index is 13.3. The van der Waals surface area contributed by atoms with Gasteiger partial charge in [-0.15, -0.1) is 0 Å². The molecular weight excluding hydrogens is 528 g/mol. The van der Waals surface area contributed by atoms with E-state index in [1.165, 1.54) is 41.5 Å². The fourth-order valence-corrected chi connectivity index (χ4v) is 5.57. The van der Waals surface area contributed by atoms with Crippen LogP contribution >= 0.6 is 11.8 Å². The van der Waals surface area contributed by atoms with Crippen LogP contribution in [0.25, 0.3) is 6.08 Å². The summed E-state index contributed by atoms with van der Waals surface area (Å²) in [6, 6.07) is 10.9. The van der Waals surface area contributed by atoms with Gasteiger partial charge in [0.1, 0.15) is 17.2 Å². The number of benzene rings is 1. The van der Waals surface area contributed by atoms with E-state index in [-0.39, 0.29) is 29.1 Å². The first-order valence-corrected chi connectivity index (χ1v) is 13.5. The number of rotatable bonds is 9. The number of ketones is 1. The van der Waals surface area contributed by atoms with E-state index < -0.39 is 12.5 Å². The summed E-state index contributed by atoms with van der Waals surface area (Å²) < 4.78 is 42.8. The molecule has 0 N–H and O–H groups in total. The van der Waals surface area contributed by atoms with Crippen molar-refractivity contribution in [2.45, 2.75) is 45.9 Å². The van der Waals surface area contributed by atoms with Gasteiger partial charge < -0.3 is 18.5 Å². The molecule has 3 aromatic rings. The summed E-state index contributed by atoms with van der Waals surface area (Å²) >= 11 is 1.13. The number of amides is 1. The maximum Gasteiger partial charge on any atom is 0.387 e. The molecule has 11 heteroatoms. The smallest absolute Gasteiger partial charge is 0.387 e. The first kappa shape index (κ1) is 26.9. The van der Waals surface area contributed by atoms with Gasteiger partial charge in [0.2, 0.25) is 0 Å². The normalized spacial score (nSPS) is 18.4. The average Bonchev–Trinajstić information content (AvgIpc) is 3.71. The van der Waals surface area contributed by atoms with Crippen LogP contribution in [-0.2, 0) is 16.1 Å². The number of Topliss-reactive ketones (excluding diaryl/α,β-unsaturated/α-hetero) is 1. The largest absolute Gasteiger partial charge is 0.465 e. The molecule has 0 bridgehead atoms. The number of ether oxygens (including phenoxy) is 2. The summed E-state index contributed by atoms with van der Waals surface area (Å²) in [4.78, 5) is 32.4. The number of halogens is 2. The molecule has 1 unspecified atom stereocenters. The third-order valence-electron chi connectivity index (χ3n) is 6.59. The van der Waals surface area contributed by atoms with E-state index in [9.17, 15) is 18.4 Å². The van der Waals surface area contributed by atoms with E-state index in [1.54, 1.807) is 12.1 Å². The first-order chi connectivity index (χ1) is 18.8. The summed E-state index contributed by atoms with van der Waals surface area (Å²) in [5.41, 5.74) is 3.01. The number of carbonyl (C=O) groups is 2. The number of amidine groups is 1. The highest BCUT2D eigenvalue weighted by Gasteiger charge is 2.33. The molecule has 39 heavy (non-hydrogen) atoms. The standard InChI is InChI=1S/C28H27F2N3O5S/c1-17-13-23(18(2)32(17)15-22-6-4-12-37-22)25(34)16-39-28-31-24(14-21-5-3-11-36-21)26(35)33(28)19-7-9-20(10-8-19)38-27(29)30/h3,5,7-11,13-14,22,27H,4,6,12,15-16H2,1-2H3. The van der Waals surface area contributed by atoms with Crippen LogP contribution in [-0.4, -0.2) is 46.5 Å². The molecular formula is C28H27F2N3O5S. The quantitative estimate of drug-likeness (QED) is 0.244. The number of aliphatic imine (C=N–C) groups is 1. The van der Waals surface area contributed by atoms with Crippen molar-refractivity contribution in [3.63, 3.8) is 0 Å². The maximum atomic E-state index is 13.3. The molecule has 8 nitrogen and oxygen atoms in total. The third-order valence-corrected chi connectivity index (χ3v) is 7.53. The van der Waals surface area contributed by atoms with Crippen molar-refractivity contribution in [1.82, 2.24) is 4.57 Å². The molecule has 0 radical (unpaired) electrons. The molecule has 1 saturated heterocycles. The molecule has 1 atom stereocenters. The van der Waals surface area contributed by atoms with Gasteiger partial charge in [0.15, 0.2) is 11.0 Å². The van der Waals surface area contributed by atoms with Gasteiger partial charge >= 0.3 is 6.61 Å². The van der Waals surface area contributed by atoms with Gasteiger partial charge in [0.25, 0.3) is 5.91 Å². The summed E-state index contributed by atoms with van der Waals surface area (Å²) in [5.74, 6) is -0.0623. The van der Waals surface area contributed by atoms with Crippen molar-refractivity contribution in [2.24, 2.45) is 4.99 Å². The number of furan rings is 1. The van der Waals surface area contributed by atoms with Crippen LogP contribution in [0.1, 0.15) is 40.3 Å². The van der Waals surface area contributed by atoms with Gasteiger partial charge in [-0.2, -0.15) is 8.78 Å². The molecule has 0 saturated carbocycles.